The van der Waals surface area contributed by atoms with E-state index in [1.165, 1.54) is 0 Å². The van der Waals surface area contributed by atoms with E-state index in [2.05, 4.69) is 17.1 Å². The summed E-state index contributed by atoms with van der Waals surface area (Å²) in [6, 6.07) is 0.539. The Labute approximate surface area is 87.2 Å². The van der Waals surface area contributed by atoms with E-state index in [0.717, 1.165) is 19.7 Å². The molecule has 2 N–H and O–H groups in total. The summed E-state index contributed by atoms with van der Waals surface area (Å²) >= 11 is 0. The topological polar surface area (TPSA) is 44.7 Å². The first-order chi connectivity index (χ1) is 6.65. The second kappa shape index (κ2) is 8.17. The molecule has 2 atom stereocenters. The predicted molar refractivity (Wildman–Crippen MR) is 58.5 cm³/mol. The number of aliphatic hydroxyl groups excluding tert-OH is 1. The third-order valence-electron chi connectivity index (χ3n) is 2.38. The fourth-order valence-corrected chi connectivity index (χ4v) is 1.37. The van der Waals surface area contributed by atoms with Crippen molar-refractivity contribution in [1.29, 1.82) is 0 Å². The van der Waals surface area contributed by atoms with Crippen LogP contribution in [0.2, 0.25) is 0 Å². The second-order valence-electron chi connectivity index (χ2n) is 3.68. The third-order valence-corrected chi connectivity index (χ3v) is 2.38. The van der Waals surface area contributed by atoms with Gasteiger partial charge in [-0.05, 0) is 20.5 Å². The fourth-order valence-electron chi connectivity index (χ4n) is 1.37. The van der Waals surface area contributed by atoms with E-state index in [1.54, 1.807) is 7.11 Å². The number of nitrogens with one attached hydrogen (secondary N) is 1. The average molecular weight is 204 g/mol. The van der Waals surface area contributed by atoms with E-state index < -0.39 is 0 Å². The minimum absolute atomic E-state index is 0.157. The molecule has 0 aliphatic heterocycles. The lowest BCUT2D eigenvalue weighted by molar-refractivity contribution is 0.101. The van der Waals surface area contributed by atoms with Gasteiger partial charge in [-0.25, -0.2) is 0 Å². The van der Waals surface area contributed by atoms with Gasteiger partial charge in [-0.3, -0.25) is 4.90 Å². The summed E-state index contributed by atoms with van der Waals surface area (Å²) in [7, 11) is 3.75. The van der Waals surface area contributed by atoms with Crippen LogP contribution in [-0.4, -0.2) is 62.6 Å². The summed E-state index contributed by atoms with van der Waals surface area (Å²) in [6.07, 6.45) is 0. The number of hydrogen-bond acceptors (Lipinski definition) is 4. The van der Waals surface area contributed by atoms with E-state index in [-0.39, 0.29) is 12.6 Å². The largest absolute Gasteiger partial charge is 0.395 e. The SMILES string of the molecule is CCNC(CO)CN(C)C(C)COC. The molecular formula is C10H24N2O2. The normalized spacial score (nSPS) is 15.9. The Bertz CT molecular complexity index is 133. The van der Waals surface area contributed by atoms with Gasteiger partial charge in [0, 0.05) is 25.7 Å². The number of ether oxygens (including phenoxy) is 1. The highest BCUT2D eigenvalue weighted by atomic mass is 16.5. The minimum Gasteiger partial charge on any atom is -0.395 e. The molecular weight excluding hydrogens is 180 g/mol. The van der Waals surface area contributed by atoms with Crippen LogP contribution < -0.4 is 5.32 Å². The molecule has 0 aromatic heterocycles. The molecule has 0 spiro atoms. The highest BCUT2D eigenvalue weighted by Crippen LogP contribution is 1.97. The molecule has 0 rings (SSSR count). The number of hydrogen-bond donors (Lipinski definition) is 2. The second-order valence-corrected chi connectivity index (χ2v) is 3.68. The van der Waals surface area contributed by atoms with Gasteiger partial charge in [0.25, 0.3) is 0 Å². The predicted octanol–water partition coefficient (Wildman–Crippen LogP) is -0.0765. The van der Waals surface area contributed by atoms with Gasteiger partial charge in [0.2, 0.25) is 0 Å². The van der Waals surface area contributed by atoms with Crippen molar-refractivity contribution < 1.29 is 9.84 Å². The number of aliphatic hydroxyl groups is 1. The van der Waals surface area contributed by atoms with Crippen molar-refractivity contribution >= 4 is 0 Å². The van der Waals surface area contributed by atoms with Crippen molar-refractivity contribution in [2.24, 2.45) is 0 Å². The number of methoxy groups -OCH3 is 1. The first kappa shape index (κ1) is 13.8. The quantitative estimate of drug-likeness (QED) is 0.581. The maximum Gasteiger partial charge on any atom is 0.0615 e. The molecule has 86 valence electrons. The lowest BCUT2D eigenvalue weighted by atomic mass is 10.2. The minimum atomic E-state index is 0.157. The molecule has 0 aliphatic carbocycles. The fraction of sp³-hybridized carbons (Fsp3) is 1.00. The van der Waals surface area contributed by atoms with Crippen LogP contribution in [0.4, 0.5) is 0 Å². The molecule has 0 heterocycles. The zero-order valence-electron chi connectivity index (χ0n) is 9.79. The van der Waals surface area contributed by atoms with Crippen molar-refractivity contribution in [3.05, 3.63) is 0 Å². The summed E-state index contributed by atoms with van der Waals surface area (Å²) in [5.41, 5.74) is 0. The molecule has 0 amide bonds. The molecule has 2 unspecified atom stereocenters. The summed E-state index contributed by atoms with van der Waals surface area (Å²) in [6.45, 7) is 6.79. The van der Waals surface area contributed by atoms with Crippen LogP contribution in [0.15, 0.2) is 0 Å². The third kappa shape index (κ3) is 5.54. The Balaban J connectivity index is 3.81. The van der Waals surface area contributed by atoms with E-state index in [9.17, 15) is 0 Å². The van der Waals surface area contributed by atoms with Crippen molar-refractivity contribution in [1.82, 2.24) is 10.2 Å². The van der Waals surface area contributed by atoms with Gasteiger partial charge in [-0.2, -0.15) is 0 Å². The first-order valence-corrected chi connectivity index (χ1v) is 5.19. The van der Waals surface area contributed by atoms with Gasteiger partial charge < -0.3 is 15.2 Å². The van der Waals surface area contributed by atoms with Gasteiger partial charge in [0.15, 0.2) is 0 Å². The summed E-state index contributed by atoms with van der Waals surface area (Å²) < 4.78 is 5.08. The molecule has 14 heavy (non-hydrogen) atoms. The molecule has 0 saturated heterocycles. The number of rotatable bonds is 8. The maximum absolute atomic E-state index is 9.10. The van der Waals surface area contributed by atoms with Gasteiger partial charge in [-0.1, -0.05) is 6.92 Å². The van der Waals surface area contributed by atoms with Crippen molar-refractivity contribution in [3.63, 3.8) is 0 Å². The summed E-state index contributed by atoms with van der Waals surface area (Å²) in [4.78, 5) is 2.19. The highest BCUT2D eigenvalue weighted by Gasteiger charge is 2.13. The van der Waals surface area contributed by atoms with Crippen molar-refractivity contribution in [2.45, 2.75) is 25.9 Å². The number of nitrogens with zero attached hydrogens (tertiary/aromatic N) is 1. The molecule has 0 radical (unpaired) electrons. The molecule has 0 aliphatic rings. The van der Waals surface area contributed by atoms with Crippen LogP contribution in [0.1, 0.15) is 13.8 Å². The Hall–Kier alpha value is -0.160. The average Bonchev–Trinajstić information content (AvgIpc) is 2.17. The first-order valence-electron chi connectivity index (χ1n) is 5.19. The lowest BCUT2D eigenvalue weighted by Gasteiger charge is -2.28. The molecule has 4 heteroatoms. The van der Waals surface area contributed by atoms with Crippen molar-refractivity contribution in [2.75, 3.05) is 40.5 Å². The smallest absolute Gasteiger partial charge is 0.0615 e. The molecule has 0 saturated carbocycles. The van der Waals surface area contributed by atoms with E-state index in [1.807, 2.05) is 14.0 Å². The standard InChI is InChI=1S/C10H24N2O2/c1-5-11-10(7-13)6-12(3)9(2)8-14-4/h9-11,13H,5-8H2,1-4H3. The molecule has 0 bridgehead atoms. The van der Waals surface area contributed by atoms with Crippen molar-refractivity contribution in [3.8, 4) is 0 Å². The lowest BCUT2D eigenvalue weighted by Crippen LogP contribution is -2.45. The molecule has 0 aromatic carbocycles. The monoisotopic (exact) mass is 204 g/mol. The maximum atomic E-state index is 9.10. The van der Waals surface area contributed by atoms with Gasteiger partial charge in [0.05, 0.1) is 13.2 Å². The molecule has 4 nitrogen and oxygen atoms in total. The number of likely N-dealkylation sites (N-methyl/N-ethyl adjacent to an activating group) is 2. The Kier molecular flexibility index (Phi) is 8.08. The summed E-state index contributed by atoms with van der Waals surface area (Å²) in [5.74, 6) is 0. The Morgan fingerprint density at radius 1 is 1.50 bits per heavy atom. The van der Waals surface area contributed by atoms with Gasteiger partial charge >= 0.3 is 0 Å². The van der Waals surface area contributed by atoms with Gasteiger partial charge in [0.1, 0.15) is 0 Å². The van der Waals surface area contributed by atoms with Crippen LogP contribution in [-0.2, 0) is 4.74 Å². The van der Waals surface area contributed by atoms with Crippen LogP contribution in [0.3, 0.4) is 0 Å². The van der Waals surface area contributed by atoms with E-state index >= 15 is 0 Å². The summed E-state index contributed by atoms with van der Waals surface area (Å²) in [5, 5.41) is 12.3. The van der Waals surface area contributed by atoms with Crippen LogP contribution >= 0.6 is 0 Å². The Morgan fingerprint density at radius 3 is 2.57 bits per heavy atom. The molecule has 0 fully saturated rings. The highest BCUT2D eigenvalue weighted by molar-refractivity contribution is 4.72. The van der Waals surface area contributed by atoms with Crippen LogP contribution in [0, 0.1) is 0 Å². The van der Waals surface area contributed by atoms with Crippen LogP contribution in [0.5, 0.6) is 0 Å². The van der Waals surface area contributed by atoms with Crippen LogP contribution in [0.25, 0.3) is 0 Å². The zero-order chi connectivity index (χ0) is 11.0. The molecule has 0 aromatic rings. The zero-order valence-corrected chi connectivity index (χ0v) is 9.79. The van der Waals surface area contributed by atoms with Gasteiger partial charge in [-0.15, -0.1) is 0 Å². The van der Waals surface area contributed by atoms with E-state index in [4.69, 9.17) is 9.84 Å². The Morgan fingerprint density at radius 2 is 2.14 bits per heavy atom. The van der Waals surface area contributed by atoms with E-state index in [0.29, 0.717) is 6.04 Å².